The maximum absolute atomic E-state index is 13.1. The van der Waals surface area contributed by atoms with E-state index < -0.39 is 22.3 Å². The van der Waals surface area contributed by atoms with E-state index in [9.17, 15) is 14.9 Å². The van der Waals surface area contributed by atoms with Gasteiger partial charge < -0.3 is 9.47 Å². The van der Waals surface area contributed by atoms with Gasteiger partial charge in [-0.3, -0.25) is 19.8 Å². The first-order valence-electron chi connectivity index (χ1n) is 9.77. The SMILES string of the molecule is CCCCCSc1nc(Cl)c([N+](=O)[O-])c(N2C(=O)C3CC2C2OC(C)(C)OC32)n1. The largest absolute Gasteiger partial charge is 0.349 e. The molecule has 158 valence electrons. The molecule has 4 atom stereocenters. The Morgan fingerprint density at radius 2 is 2.03 bits per heavy atom. The Morgan fingerprint density at radius 3 is 2.72 bits per heavy atom. The van der Waals surface area contributed by atoms with Crippen LogP contribution in [0.3, 0.4) is 0 Å². The number of fused-ring (bicyclic) bond motifs is 5. The fourth-order valence-corrected chi connectivity index (χ4v) is 5.48. The Balaban J connectivity index is 1.67. The van der Waals surface area contributed by atoms with Crippen LogP contribution < -0.4 is 4.90 Å². The van der Waals surface area contributed by atoms with Gasteiger partial charge in [-0.25, -0.2) is 4.98 Å². The first-order chi connectivity index (χ1) is 13.7. The Kier molecular flexibility index (Phi) is 5.47. The van der Waals surface area contributed by atoms with Crippen molar-refractivity contribution >= 4 is 40.8 Å². The van der Waals surface area contributed by atoms with Crippen LogP contribution in [0.1, 0.15) is 46.5 Å². The third-order valence-electron chi connectivity index (χ3n) is 5.51. The average Bonchev–Trinajstić information content (AvgIpc) is 3.24. The topological polar surface area (TPSA) is 108 Å². The number of piperidine rings is 1. The van der Waals surface area contributed by atoms with E-state index in [0.29, 0.717) is 11.6 Å². The summed E-state index contributed by atoms with van der Waals surface area (Å²) in [4.78, 5) is 34.0. The predicted octanol–water partition coefficient (Wildman–Crippen LogP) is 3.58. The summed E-state index contributed by atoms with van der Waals surface area (Å²) in [6, 6.07) is -0.373. The monoisotopic (exact) mass is 442 g/mol. The fraction of sp³-hybridized carbons (Fsp3) is 0.722. The Morgan fingerprint density at radius 1 is 1.31 bits per heavy atom. The van der Waals surface area contributed by atoms with Gasteiger partial charge in [-0.05, 0) is 26.7 Å². The minimum Gasteiger partial charge on any atom is -0.344 e. The third-order valence-corrected chi connectivity index (χ3v) is 6.71. The number of amides is 1. The number of anilines is 1. The first-order valence-corrected chi connectivity index (χ1v) is 11.1. The van der Waals surface area contributed by atoms with Gasteiger partial charge in [0, 0.05) is 5.75 Å². The number of rotatable bonds is 7. The van der Waals surface area contributed by atoms with Gasteiger partial charge in [-0.2, -0.15) is 4.98 Å². The molecule has 1 aromatic heterocycles. The van der Waals surface area contributed by atoms with E-state index in [0.717, 1.165) is 25.0 Å². The number of hydrogen-bond acceptors (Lipinski definition) is 8. The predicted molar refractivity (Wildman–Crippen MR) is 107 cm³/mol. The lowest BCUT2D eigenvalue weighted by molar-refractivity contribution is -0.384. The van der Waals surface area contributed by atoms with Gasteiger partial charge in [-0.1, -0.05) is 43.1 Å². The molecule has 4 unspecified atom stereocenters. The van der Waals surface area contributed by atoms with Gasteiger partial charge in [0.15, 0.2) is 10.9 Å². The van der Waals surface area contributed by atoms with Crippen molar-refractivity contribution in [1.29, 1.82) is 0 Å². The Labute approximate surface area is 177 Å². The molecule has 1 amide bonds. The number of halogens is 1. The van der Waals surface area contributed by atoms with Crippen molar-refractivity contribution in [1.82, 2.24) is 9.97 Å². The standard InChI is InChI=1S/C18H23ClN4O5S/c1-4-5-6-7-29-17-20-14(19)11(23(25)26)15(21-17)22-10-8-9(16(22)24)12-13(10)28-18(2,3)27-12/h9-10,12-13H,4-8H2,1-3H3. The molecule has 2 aliphatic heterocycles. The van der Waals surface area contributed by atoms with E-state index in [1.165, 1.54) is 16.7 Å². The van der Waals surface area contributed by atoms with E-state index in [-0.39, 0.29) is 35.1 Å². The van der Waals surface area contributed by atoms with E-state index in [4.69, 9.17) is 21.1 Å². The number of hydrogen-bond donors (Lipinski definition) is 0. The van der Waals surface area contributed by atoms with Gasteiger partial charge in [0.2, 0.25) is 16.9 Å². The van der Waals surface area contributed by atoms with Gasteiger partial charge in [-0.15, -0.1) is 0 Å². The number of nitrogens with zero attached hydrogens (tertiary/aromatic N) is 4. The van der Waals surface area contributed by atoms with Crippen LogP contribution in [0.25, 0.3) is 0 Å². The molecule has 1 saturated carbocycles. The molecular weight excluding hydrogens is 420 g/mol. The molecule has 3 aliphatic rings. The lowest BCUT2D eigenvalue weighted by atomic mass is 10.0. The molecule has 11 heteroatoms. The molecule has 1 aliphatic carbocycles. The third kappa shape index (κ3) is 3.60. The molecule has 0 radical (unpaired) electrons. The summed E-state index contributed by atoms with van der Waals surface area (Å²) < 4.78 is 11.9. The van der Waals surface area contributed by atoms with Crippen LogP contribution in [-0.4, -0.2) is 50.6 Å². The summed E-state index contributed by atoms with van der Waals surface area (Å²) in [6.07, 6.45) is 2.97. The second-order valence-electron chi connectivity index (χ2n) is 7.96. The molecule has 2 bridgehead atoms. The lowest BCUT2D eigenvalue weighted by Gasteiger charge is -2.31. The number of thioether (sulfide) groups is 1. The van der Waals surface area contributed by atoms with E-state index in [2.05, 4.69) is 16.9 Å². The molecule has 9 nitrogen and oxygen atoms in total. The summed E-state index contributed by atoms with van der Waals surface area (Å²) in [6.45, 7) is 5.71. The Bertz CT molecular complexity index is 854. The first kappa shape index (κ1) is 20.8. The van der Waals surface area contributed by atoms with E-state index in [1.54, 1.807) is 13.8 Å². The van der Waals surface area contributed by atoms with Crippen molar-refractivity contribution < 1.29 is 19.2 Å². The second kappa shape index (κ2) is 7.64. The highest BCUT2D eigenvalue weighted by Crippen LogP contribution is 2.51. The van der Waals surface area contributed by atoms with Crippen LogP contribution >= 0.6 is 23.4 Å². The zero-order chi connectivity index (χ0) is 20.9. The average molecular weight is 443 g/mol. The van der Waals surface area contributed by atoms with E-state index in [1.807, 2.05) is 0 Å². The van der Waals surface area contributed by atoms with Crippen molar-refractivity contribution in [3.63, 3.8) is 0 Å². The zero-order valence-corrected chi connectivity index (χ0v) is 18.0. The molecule has 4 rings (SSSR count). The lowest BCUT2D eigenvalue weighted by Crippen LogP contribution is -2.51. The van der Waals surface area contributed by atoms with Crippen molar-refractivity contribution in [2.75, 3.05) is 10.7 Å². The Hall–Kier alpha value is -1.49. The maximum atomic E-state index is 13.1. The zero-order valence-electron chi connectivity index (χ0n) is 16.5. The van der Waals surface area contributed by atoms with Gasteiger partial charge >= 0.3 is 5.69 Å². The molecule has 29 heavy (non-hydrogen) atoms. The maximum Gasteiger partial charge on any atom is 0.349 e. The van der Waals surface area contributed by atoms with Crippen LogP contribution in [0, 0.1) is 16.0 Å². The molecule has 0 spiro atoms. The van der Waals surface area contributed by atoms with Crippen LogP contribution in [-0.2, 0) is 14.3 Å². The smallest absolute Gasteiger partial charge is 0.344 e. The highest BCUT2D eigenvalue weighted by molar-refractivity contribution is 7.99. The molecule has 0 aromatic carbocycles. The number of nitro groups is 1. The quantitative estimate of drug-likeness (QED) is 0.157. The minimum atomic E-state index is -0.794. The molecular formula is C18H23ClN4O5S. The van der Waals surface area contributed by atoms with Crippen LogP contribution in [0.15, 0.2) is 5.16 Å². The van der Waals surface area contributed by atoms with Gasteiger partial charge in [0.1, 0.15) is 12.2 Å². The highest BCUT2D eigenvalue weighted by atomic mass is 35.5. The van der Waals surface area contributed by atoms with Gasteiger partial charge in [0.25, 0.3) is 0 Å². The number of ether oxygens (including phenoxy) is 2. The van der Waals surface area contributed by atoms with Crippen molar-refractivity contribution in [2.24, 2.45) is 5.92 Å². The number of aromatic nitrogens is 2. The summed E-state index contributed by atoms with van der Waals surface area (Å²) in [5.41, 5.74) is -0.444. The van der Waals surface area contributed by atoms with Crippen molar-refractivity contribution in [3.8, 4) is 0 Å². The fourth-order valence-electron chi connectivity index (χ4n) is 4.35. The van der Waals surface area contributed by atoms with Crippen molar-refractivity contribution in [2.45, 2.75) is 75.6 Å². The molecule has 0 N–H and O–H groups in total. The van der Waals surface area contributed by atoms with Crippen LogP contribution in [0.4, 0.5) is 11.5 Å². The minimum absolute atomic E-state index is 0.0442. The second-order valence-corrected chi connectivity index (χ2v) is 9.38. The number of unbranched alkanes of at least 4 members (excludes halogenated alkanes) is 2. The van der Waals surface area contributed by atoms with Crippen LogP contribution in [0.5, 0.6) is 0 Å². The molecule has 1 aromatic rings. The summed E-state index contributed by atoms with van der Waals surface area (Å²) in [5.74, 6) is -0.703. The number of carbonyl (C=O) groups is 1. The van der Waals surface area contributed by atoms with E-state index >= 15 is 0 Å². The molecule has 3 fully saturated rings. The molecule has 3 heterocycles. The summed E-state index contributed by atoms with van der Waals surface area (Å²) in [5, 5.41) is 11.8. The number of carbonyl (C=O) groups excluding carboxylic acids is 1. The highest BCUT2D eigenvalue weighted by Gasteiger charge is 2.65. The van der Waals surface area contributed by atoms with Crippen LogP contribution in [0.2, 0.25) is 5.15 Å². The molecule has 2 saturated heterocycles. The summed E-state index contributed by atoms with van der Waals surface area (Å²) >= 11 is 7.54. The van der Waals surface area contributed by atoms with Crippen molar-refractivity contribution in [3.05, 3.63) is 15.3 Å². The van der Waals surface area contributed by atoms with Gasteiger partial charge in [0.05, 0.1) is 16.9 Å². The normalized spacial score (nSPS) is 29.5. The summed E-state index contributed by atoms with van der Waals surface area (Å²) in [7, 11) is 0.